The number of ether oxygens (including phenoxy) is 1. The number of para-hydroxylation sites is 1. The van der Waals surface area contributed by atoms with Gasteiger partial charge in [-0.2, -0.15) is 0 Å². The van der Waals surface area contributed by atoms with Crippen molar-refractivity contribution in [3.63, 3.8) is 0 Å². The van der Waals surface area contributed by atoms with E-state index in [1.54, 1.807) is 0 Å². The summed E-state index contributed by atoms with van der Waals surface area (Å²) < 4.78 is 6.73. The minimum Gasteiger partial charge on any atom is -0.492 e. The van der Waals surface area contributed by atoms with E-state index in [2.05, 4.69) is 25.8 Å². The van der Waals surface area contributed by atoms with E-state index in [9.17, 15) is 4.79 Å². The summed E-state index contributed by atoms with van der Waals surface area (Å²) in [5, 5.41) is 0. The Balaban J connectivity index is 1.55. The maximum Gasteiger partial charge on any atom is 0.223 e. The third-order valence-corrected chi connectivity index (χ3v) is 5.45. The molecule has 26 heavy (non-hydrogen) atoms. The van der Waals surface area contributed by atoms with Gasteiger partial charge in [0, 0.05) is 25.4 Å². The van der Waals surface area contributed by atoms with Crippen LogP contribution in [0.3, 0.4) is 0 Å². The molecule has 0 spiro atoms. The van der Waals surface area contributed by atoms with Crippen molar-refractivity contribution in [2.24, 2.45) is 0 Å². The Kier molecular flexibility index (Phi) is 7.06. The molecule has 1 unspecified atom stereocenters. The van der Waals surface area contributed by atoms with Crippen LogP contribution in [0.2, 0.25) is 0 Å². The number of hydrogen-bond donors (Lipinski definition) is 0. The molecular weight excluding hydrogens is 392 g/mol. The molecule has 5 heteroatoms. The number of carbonyl (C=O) groups is 1. The Morgan fingerprint density at radius 1 is 1.15 bits per heavy atom. The van der Waals surface area contributed by atoms with Gasteiger partial charge in [0.05, 0.1) is 17.1 Å². The molecule has 0 N–H and O–H groups in total. The van der Waals surface area contributed by atoms with E-state index in [0.29, 0.717) is 13.0 Å². The van der Waals surface area contributed by atoms with Crippen LogP contribution in [0, 0.1) is 0 Å². The van der Waals surface area contributed by atoms with E-state index in [-0.39, 0.29) is 11.9 Å². The summed E-state index contributed by atoms with van der Waals surface area (Å²) in [5.41, 5.74) is 1.19. The number of hydrogen-bond acceptors (Lipinski definition) is 3. The number of likely N-dealkylation sites (tertiary alicyclic amines) is 1. The molecule has 0 bridgehead atoms. The average Bonchev–Trinajstić information content (AvgIpc) is 2.93. The first kappa shape index (κ1) is 18.9. The fraction of sp³-hybridized carbons (Fsp3) is 0.429. The largest absolute Gasteiger partial charge is 0.492 e. The van der Waals surface area contributed by atoms with Crippen molar-refractivity contribution in [3.8, 4) is 5.75 Å². The standard InChI is InChI=1S/C21H25BrN2O2/c22-18-7-3-4-9-20(18)26-16-6-10-21(25)24-15-5-1-2-8-19(24)17-11-13-23-14-12-17/h3-4,7,9,11-14,19H,1-2,5-6,8,10,15-16H2. The third kappa shape index (κ3) is 5.07. The van der Waals surface area contributed by atoms with Crippen LogP contribution in [0.15, 0.2) is 53.3 Å². The molecule has 0 radical (unpaired) electrons. The van der Waals surface area contributed by atoms with Crippen molar-refractivity contribution >= 4 is 21.8 Å². The molecule has 138 valence electrons. The fourth-order valence-corrected chi connectivity index (χ4v) is 3.85. The van der Waals surface area contributed by atoms with Crippen LogP contribution in [0.25, 0.3) is 0 Å². The van der Waals surface area contributed by atoms with Crippen molar-refractivity contribution in [1.82, 2.24) is 9.88 Å². The molecular formula is C21H25BrN2O2. The normalized spacial score (nSPS) is 17.6. The van der Waals surface area contributed by atoms with E-state index in [1.165, 1.54) is 18.4 Å². The molecule has 1 fully saturated rings. The lowest BCUT2D eigenvalue weighted by Crippen LogP contribution is -2.34. The average molecular weight is 417 g/mol. The molecule has 2 aromatic rings. The SMILES string of the molecule is O=C(CCCOc1ccccc1Br)N1CCCCCC1c1ccncc1. The maximum atomic E-state index is 12.9. The van der Waals surface area contributed by atoms with Gasteiger partial charge in [0.1, 0.15) is 5.75 Å². The number of pyridine rings is 1. The summed E-state index contributed by atoms with van der Waals surface area (Å²) in [6, 6.07) is 12.0. The second-order valence-corrected chi connectivity index (χ2v) is 7.47. The van der Waals surface area contributed by atoms with E-state index < -0.39 is 0 Å². The van der Waals surface area contributed by atoms with E-state index >= 15 is 0 Å². The predicted molar refractivity (Wildman–Crippen MR) is 106 cm³/mol. The molecule has 1 aliphatic rings. The van der Waals surface area contributed by atoms with Gasteiger partial charge in [-0.15, -0.1) is 0 Å². The van der Waals surface area contributed by atoms with Gasteiger partial charge in [0.25, 0.3) is 0 Å². The topological polar surface area (TPSA) is 42.4 Å². The first-order valence-electron chi connectivity index (χ1n) is 9.32. The Labute approximate surface area is 163 Å². The Morgan fingerprint density at radius 2 is 1.96 bits per heavy atom. The summed E-state index contributed by atoms with van der Waals surface area (Å²) in [5.74, 6) is 1.05. The smallest absolute Gasteiger partial charge is 0.223 e. The molecule has 0 saturated carbocycles. The number of carbonyl (C=O) groups excluding carboxylic acids is 1. The van der Waals surface area contributed by atoms with Gasteiger partial charge >= 0.3 is 0 Å². The Morgan fingerprint density at radius 3 is 2.77 bits per heavy atom. The highest BCUT2D eigenvalue weighted by Gasteiger charge is 2.26. The zero-order valence-corrected chi connectivity index (χ0v) is 16.5. The summed E-state index contributed by atoms with van der Waals surface area (Å²) in [7, 11) is 0. The number of benzene rings is 1. The monoisotopic (exact) mass is 416 g/mol. The molecule has 1 amide bonds. The highest BCUT2D eigenvalue weighted by molar-refractivity contribution is 9.10. The van der Waals surface area contributed by atoms with Gasteiger partial charge in [-0.3, -0.25) is 9.78 Å². The molecule has 3 rings (SSSR count). The lowest BCUT2D eigenvalue weighted by atomic mass is 10.0. The van der Waals surface area contributed by atoms with Crippen LogP contribution in [-0.4, -0.2) is 28.9 Å². The second-order valence-electron chi connectivity index (χ2n) is 6.62. The van der Waals surface area contributed by atoms with E-state index in [1.807, 2.05) is 48.8 Å². The summed E-state index contributed by atoms with van der Waals surface area (Å²) >= 11 is 3.48. The number of amides is 1. The van der Waals surface area contributed by atoms with Crippen molar-refractivity contribution in [2.45, 2.75) is 44.6 Å². The van der Waals surface area contributed by atoms with Crippen LogP contribution in [0.5, 0.6) is 5.75 Å². The lowest BCUT2D eigenvalue weighted by Gasteiger charge is -2.30. The molecule has 1 saturated heterocycles. The van der Waals surface area contributed by atoms with Crippen LogP contribution in [0.1, 0.15) is 50.1 Å². The number of halogens is 1. The zero-order valence-electron chi connectivity index (χ0n) is 14.9. The van der Waals surface area contributed by atoms with Gasteiger partial charge < -0.3 is 9.64 Å². The molecule has 1 aromatic heterocycles. The first-order chi connectivity index (χ1) is 12.8. The highest BCUT2D eigenvalue weighted by atomic mass is 79.9. The van der Waals surface area contributed by atoms with Crippen LogP contribution < -0.4 is 4.74 Å². The van der Waals surface area contributed by atoms with Crippen molar-refractivity contribution in [1.29, 1.82) is 0 Å². The van der Waals surface area contributed by atoms with Crippen LogP contribution in [-0.2, 0) is 4.79 Å². The molecule has 1 aliphatic heterocycles. The van der Waals surface area contributed by atoms with Gasteiger partial charge in [-0.25, -0.2) is 0 Å². The molecule has 0 aliphatic carbocycles. The third-order valence-electron chi connectivity index (χ3n) is 4.79. The lowest BCUT2D eigenvalue weighted by molar-refractivity contribution is -0.133. The van der Waals surface area contributed by atoms with Crippen molar-refractivity contribution in [2.75, 3.05) is 13.2 Å². The molecule has 2 heterocycles. The minimum atomic E-state index is 0.178. The zero-order chi connectivity index (χ0) is 18.2. The Hall–Kier alpha value is -1.88. The van der Waals surface area contributed by atoms with E-state index in [4.69, 9.17) is 4.74 Å². The molecule has 4 nitrogen and oxygen atoms in total. The fourth-order valence-electron chi connectivity index (χ4n) is 3.45. The van der Waals surface area contributed by atoms with Crippen molar-refractivity contribution < 1.29 is 9.53 Å². The first-order valence-corrected chi connectivity index (χ1v) is 10.1. The second kappa shape index (κ2) is 9.72. The van der Waals surface area contributed by atoms with E-state index in [0.717, 1.165) is 36.0 Å². The predicted octanol–water partition coefficient (Wildman–Crippen LogP) is 5.15. The molecule has 1 atom stereocenters. The number of rotatable bonds is 6. The summed E-state index contributed by atoms with van der Waals surface area (Å²) in [6.07, 6.45) is 9.34. The van der Waals surface area contributed by atoms with Gasteiger partial charge in [0.15, 0.2) is 0 Å². The summed E-state index contributed by atoms with van der Waals surface area (Å²) in [6.45, 7) is 1.39. The Bertz CT molecular complexity index is 708. The highest BCUT2D eigenvalue weighted by Crippen LogP contribution is 2.30. The quantitative estimate of drug-likeness (QED) is 0.611. The van der Waals surface area contributed by atoms with Crippen LogP contribution in [0.4, 0.5) is 0 Å². The number of nitrogens with zero attached hydrogens (tertiary/aromatic N) is 2. The van der Waals surface area contributed by atoms with Crippen LogP contribution >= 0.6 is 15.9 Å². The summed E-state index contributed by atoms with van der Waals surface area (Å²) in [4.78, 5) is 19.0. The molecule has 1 aromatic carbocycles. The minimum absolute atomic E-state index is 0.178. The maximum absolute atomic E-state index is 12.9. The van der Waals surface area contributed by atoms with Crippen molar-refractivity contribution in [3.05, 3.63) is 58.8 Å². The van der Waals surface area contributed by atoms with Gasteiger partial charge in [0.2, 0.25) is 5.91 Å². The number of aromatic nitrogens is 1. The van der Waals surface area contributed by atoms with Gasteiger partial charge in [-0.05, 0) is 65.0 Å². The van der Waals surface area contributed by atoms with Gasteiger partial charge in [-0.1, -0.05) is 25.0 Å².